The number of aromatic amines is 1. The lowest BCUT2D eigenvalue weighted by atomic mass is 10.4. The van der Waals surface area contributed by atoms with Gasteiger partial charge in [0.2, 0.25) is 0 Å². The highest BCUT2D eigenvalue weighted by molar-refractivity contribution is 7.98. The molecule has 3 rings (SSSR count). The zero-order valence-electron chi connectivity index (χ0n) is 10.5. The lowest BCUT2D eigenvalue weighted by Gasteiger charge is -2.00. The van der Waals surface area contributed by atoms with Crippen LogP contribution in [0.1, 0.15) is 24.4 Å². The molecule has 100 valence electrons. The van der Waals surface area contributed by atoms with Crippen molar-refractivity contribution in [2.24, 2.45) is 0 Å². The summed E-state index contributed by atoms with van der Waals surface area (Å²) in [4.78, 5) is 8.72. The largest absolute Gasteiger partial charge is 0.344 e. The number of nitrogens with zero attached hydrogens (tertiary/aromatic N) is 1. The summed E-state index contributed by atoms with van der Waals surface area (Å²) in [5, 5.41) is 3.45. The summed E-state index contributed by atoms with van der Waals surface area (Å²) in [6, 6.07) is 7.25. The molecule has 0 amide bonds. The van der Waals surface area contributed by atoms with Crippen molar-refractivity contribution in [1.82, 2.24) is 15.3 Å². The molecule has 1 aromatic heterocycles. The van der Waals surface area contributed by atoms with Gasteiger partial charge >= 0.3 is 0 Å². The predicted octanol–water partition coefficient (Wildman–Crippen LogP) is 3.09. The number of hydrogen-bond acceptors (Lipinski definition) is 3. The fourth-order valence-electron chi connectivity index (χ4n) is 1.79. The Bertz CT molecular complexity index is 534. The maximum absolute atomic E-state index is 12.8. The van der Waals surface area contributed by atoms with E-state index in [9.17, 15) is 4.39 Å². The number of thioether (sulfide) groups is 1. The molecule has 0 radical (unpaired) electrons. The van der Waals surface area contributed by atoms with E-state index in [0.717, 1.165) is 28.7 Å². The molecule has 0 spiro atoms. The van der Waals surface area contributed by atoms with Crippen LogP contribution in [-0.4, -0.2) is 16.0 Å². The normalized spacial score (nSPS) is 14.8. The van der Waals surface area contributed by atoms with E-state index in [1.807, 2.05) is 6.20 Å². The Hall–Kier alpha value is -1.33. The molecule has 1 saturated carbocycles. The highest BCUT2D eigenvalue weighted by atomic mass is 32.2. The number of rotatable bonds is 6. The number of nitrogens with one attached hydrogen (secondary N) is 2. The molecule has 0 saturated heterocycles. The van der Waals surface area contributed by atoms with Gasteiger partial charge in [0, 0.05) is 29.4 Å². The van der Waals surface area contributed by atoms with E-state index in [1.54, 1.807) is 23.9 Å². The second kappa shape index (κ2) is 5.75. The topological polar surface area (TPSA) is 40.7 Å². The van der Waals surface area contributed by atoms with Crippen LogP contribution in [0.15, 0.2) is 35.4 Å². The monoisotopic (exact) mass is 277 g/mol. The first-order chi connectivity index (χ1) is 9.29. The van der Waals surface area contributed by atoms with Crippen LogP contribution in [0.5, 0.6) is 0 Å². The van der Waals surface area contributed by atoms with Gasteiger partial charge in [-0.3, -0.25) is 0 Å². The quantitative estimate of drug-likeness (QED) is 0.797. The Morgan fingerprint density at radius 3 is 2.84 bits per heavy atom. The van der Waals surface area contributed by atoms with Crippen molar-refractivity contribution >= 4 is 11.8 Å². The van der Waals surface area contributed by atoms with Gasteiger partial charge in [-0.05, 0) is 37.1 Å². The molecule has 1 heterocycles. The fourth-order valence-corrected chi connectivity index (χ4v) is 2.57. The molecule has 0 atom stereocenters. The number of halogens is 1. The minimum atomic E-state index is -0.198. The summed E-state index contributed by atoms with van der Waals surface area (Å²) in [5.74, 6) is 1.53. The Morgan fingerprint density at radius 1 is 1.32 bits per heavy atom. The molecule has 1 aromatic carbocycles. The van der Waals surface area contributed by atoms with E-state index in [1.165, 1.54) is 25.0 Å². The summed E-state index contributed by atoms with van der Waals surface area (Å²) in [7, 11) is 0. The number of H-pyrrole nitrogens is 1. The average Bonchev–Trinajstić information content (AvgIpc) is 3.15. The van der Waals surface area contributed by atoms with Crippen LogP contribution in [0, 0.1) is 5.82 Å². The average molecular weight is 277 g/mol. The molecular weight excluding hydrogens is 261 g/mol. The minimum Gasteiger partial charge on any atom is -0.344 e. The van der Waals surface area contributed by atoms with E-state index in [-0.39, 0.29) is 5.82 Å². The van der Waals surface area contributed by atoms with Crippen molar-refractivity contribution in [3.63, 3.8) is 0 Å². The van der Waals surface area contributed by atoms with Crippen molar-refractivity contribution in [2.75, 3.05) is 0 Å². The molecule has 1 aliphatic rings. The number of aromatic nitrogens is 2. The number of hydrogen-bond donors (Lipinski definition) is 2. The van der Waals surface area contributed by atoms with Gasteiger partial charge in [0.1, 0.15) is 11.6 Å². The molecule has 3 nitrogen and oxygen atoms in total. The van der Waals surface area contributed by atoms with Crippen molar-refractivity contribution in [1.29, 1.82) is 0 Å². The van der Waals surface area contributed by atoms with Crippen LogP contribution < -0.4 is 5.32 Å². The Kier molecular flexibility index (Phi) is 3.84. The zero-order chi connectivity index (χ0) is 13.1. The molecule has 0 unspecified atom stereocenters. The van der Waals surface area contributed by atoms with Gasteiger partial charge in [-0.15, -0.1) is 11.8 Å². The highest BCUT2D eigenvalue weighted by Gasteiger charge is 2.20. The second-order valence-electron chi connectivity index (χ2n) is 4.75. The molecular formula is C14H16FN3S. The Morgan fingerprint density at radius 2 is 2.11 bits per heavy atom. The van der Waals surface area contributed by atoms with Crippen LogP contribution in [0.25, 0.3) is 0 Å². The third kappa shape index (κ3) is 3.81. The maximum Gasteiger partial charge on any atom is 0.123 e. The van der Waals surface area contributed by atoms with Crippen molar-refractivity contribution in [3.8, 4) is 0 Å². The first-order valence-electron chi connectivity index (χ1n) is 6.44. The van der Waals surface area contributed by atoms with Crippen LogP contribution in [0.2, 0.25) is 0 Å². The third-order valence-electron chi connectivity index (χ3n) is 3.03. The van der Waals surface area contributed by atoms with Gasteiger partial charge < -0.3 is 10.3 Å². The first-order valence-corrected chi connectivity index (χ1v) is 7.43. The first kappa shape index (κ1) is 12.7. The summed E-state index contributed by atoms with van der Waals surface area (Å²) >= 11 is 1.65. The Balaban J connectivity index is 1.50. The third-order valence-corrected chi connectivity index (χ3v) is 4.05. The Labute approximate surface area is 116 Å². The summed E-state index contributed by atoms with van der Waals surface area (Å²) < 4.78 is 12.8. The molecule has 0 bridgehead atoms. The minimum absolute atomic E-state index is 0.198. The van der Waals surface area contributed by atoms with E-state index in [4.69, 9.17) is 0 Å². The lowest BCUT2D eigenvalue weighted by molar-refractivity contribution is 0.626. The molecule has 19 heavy (non-hydrogen) atoms. The molecule has 2 aromatic rings. The van der Waals surface area contributed by atoms with Crippen LogP contribution >= 0.6 is 11.8 Å². The molecule has 0 aliphatic heterocycles. The zero-order valence-corrected chi connectivity index (χ0v) is 11.3. The molecule has 5 heteroatoms. The predicted molar refractivity (Wildman–Crippen MR) is 74.4 cm³/mol. The SMILES string of the molecule is Fc1ccc(SCc2ncc(CNC3CC3)[nH]2)cc1. The number of imidazole rings is 1. The van der Waals surface area contributed by atoms with Gasteiger partial charge in [-0.2, -0.15) is 0 Å². The summed E-state index contributed by atoms with van der Waals surface area (Å²) in [6.07, 6.45) is 4.47. The molecule has 1 aliphatic carbocycles. The highest BCUT2D eigenvalue weighted by Crippen LogP contribution is 2.22. The van der Waals surface area contributed by atoms with Crippen LogP contribution in [0.3, 0.4) is 0 Å². The van der Waals surface area contributed by atoms with E-state index < -0.39 is 0 Å². The van der Waals surface area contributed by atoms with E-state index in [2.05, 4.69) is 15.3 Å². The lowest BCUT2D eigenvalue weighted by Crippen LogP contribution is -2.15. The standard InChI is InChI=1S/C14H16FN3S/c15-10-1-5-13(6-2-10)19-9-14-17-8-12(18-14)7-16-11-3-4-11/h1-2,5-6,8,11,16H,3-4,7,9H2,(H,17,18). The van der Waals surface area contributed by atoms with E-state index >= 15 is 0 Å². The van der Waals surface area contributed by atoms with Gasteiger partial charge in [0.25, 0.3) is 0 Å². The van der Waals surface area contributed by atoms with Crippen LogP contribution in [0.4, 0.5) is 4.39 Å². The maximum atomic E-state index is 12.8. The van der Waals surface area contributed by atoms with Gasteiger partial charge in [0.05, 0.1) is 5.75 Å². The van der Waals surface area contributed by atoms with Crippen molar-refractivity contribution < 1.29 is 4.39 Å². The fraction of sp³-hybridized carbons (Fsp3) is 0.357. The van der Waals surface area contributed by atoms with Crippen molar-refractivity contribution in [3.05, 3.63) is 47.8 Å². The summed E-state index contributed by atoms with van der Waals surface area (Å²) in [5.41, 5.74) is 1.13. The van der Waals surface area contributed by atoms with Crippen molar-refractivity contribution in [2.45, 2.75) is 36.1 Å². The molecule has 1 fully saturated rings. The van der Waals surface area contributed by atoms with Crippen LogP contribution in [-0.2, 0) is 12.3 Å². The van der Waals surface area contributed by atoms with Gasteiger partial charge in [0.15, 0.2) is 0 Å². The van der Waals surface area contributed by atoms with E-state index in [0.29, 0.717) is 6.04 Å². The molecule has 2 N–H and O–H groups in total. The van der Waals surface area contributed by atoms with Gasteiger partial charge in [-0.25, -0.2) is 9.37 Å². The van der Waals surface area contributed by atoms with Gasteiger partial charge in [-0.1, -0.05) is 0 Å². The second-order valence-corrected chi connectivity index (χ2v) is 5.80. The smallest absolute Gasteiger partial charge is 0.123 e. The number of benzene rings is 1. The summed E-state index contributed by atoms with van der Waals surface area (Å²) in [6.45, 7) is 0.860.